The largest absolute Gasteiger partial charge is 0.0843 e. The van der Waals surface area contributed by atoms with Gasteiger partial charge in [-0.15, -0.1) is 0 Å². The Morgan fingerprint density at radius 2 is 1.35 bits per heavy atom. The van der Waals surface area contributed by atoms with Crippen molar-refractivity contribution >= 4 is 28.8 Å². The zero-order chi connectivity index (χ0) is 15.6. The molecule has 2 heteroatoms. The number of hydrogen-bond donors (Lipinski definition) is 0. The van der Waals surface area contributed by atoms with E-state index in [2.05, 4.69) is 36.4 Å². The van der Waals surface area contributed by atoms with E-state index >= 15 is 0 Å². The highest BCUT2D eigenvalue weighted by Gasteiger charge is 2.60. The van der Waals surface area contributed by atoms with Crippen molar-refractivity contribution in [3.05, 3.63) is 87.4 Å². The van der Waals surface area contributed by atoms with Crippen LogP contribution >= 0.6 is 23.2 Å². The second-order valence-corrected chi connectivity index (χ2v) is 7.71. The third kappa shape index (κ3) is 2.12. The lowest BCUT2D eigenvalue weighted by Gasteiger charge is -2.23. The summed E-state index contributed by atoms with van der Waals surface area (Å²) in [4.78, 5) is 0. The second kappa shape index (κ2) is 5.00. The summed E-state index contributed by atoms with van der Waals surface area (Å²) < 4.78 is 0. The summed E-state index contributed by atoms with van der Waals surface area (Å²) in [5.74, 6) is 3.03. The van der Waals surface area contributed by atoms with Crippen molar-refractivity contribution in [1.82, 2.24) is 0 Å². The zero-order valence-corrected chi connectivity index (χ0v) is 14.1. The van der Waals surface area contributed by atoms with Crippen LogP contribution in [-0.4, -0.2) is 0 Å². The molecular weight excluding hydrogens is 323 g/mol. The molecule has 0 heterocycles. The Labute approximate surface area is 146 Å². The average Bonchev–Trinajstić information content (AvgIpc) is 3.20. The number of rotatable bonds is 2. The van der Waals surface area contributed by atoms with Gasteiger partial charge in [-0.2, -0.15) is 0 Å². The fourth-order valence-corrected chi connectivity index (χ4v) is 4.85. The molecule has 2 fully saturated rings. The van der Waals surface area contributed by atoms with Gasteiger partial charge in [0.15, 0.2) is 0 Å². The van der Waals surface area contributed by atoms with Crippen molar-refractivity contribution in [3.63, 3.8) is 0 Å². The van der Waals surface area contributed by atoms with Crippen molar-refractivity contribution in [2.24, 2.45) is 23.7 Å². The van der Waals surface area contributed by atoms with E-state index in [4.69, 9.17) is 23.2 Å². The SMILES string of the molecule is Clc1ccc(C(=C2C3C4C[C@H]2C=C[C@@H]43)c2ccc(Cl)cc2)cc1. The van der Waals surface area contributed by atoms with Crippen LogP contribution in [0.2, 0.25) is 10.0 Å². The van der Waals surface area contributed by atoms with Crippen LogP contribution in [0.3, 0.4) is 0 Å². The summed E-state index contributed by atoms with van der Waals surface area (Å²) in [5, 5.41) is 1.57. The standard InChI is InChI=1S/C21H16Cl2/c22-15-6-1-12(2-7-15)19(13-3-8-16(23)9-4-13)20-14-5-10-17-18(11-14)21(17)20/h1-10,14,17-18,21H,11H2/t14-,17+,18?,21?/m1/s1. The number of halogens is 2. The molecule has 23 heavy (non-hydrogen) atoms. The summed E-state index contributed by atoms with van der Waals surface area (Å²) in [6, 6.07) is 16.5. The topological polar surface area (TPSA) is 0 Å². The van der Waals surface area contributed by atoms with E-state index in [1.54, 1.807) is 5.57 Å². The van der Waals surface area contributed by atoms with Gasteiger partial charge in [0.05, 0.1) is 0 Å². The van der Waals surface area contributed by atoms with Crippen molar-refractivity contribution in [1.29, 1.82) is 0 Å². The molecule has 0 spiro atoms. The van der Waals surface area contributed by atoms with E-state index in [1.165, 1.54) is 23.1 Å². The van der Waals surface area contributed by atoms with Crippen molar-refractivity contribution in [3.8, 4) is 0 Å². The molecule has 114 valence electrons. The smallest absolute Gasteiger partial charge is 0.0406 e. The van der Waals surface area contributed by atoms with Crippen LogP contribution in [0.4, 0.5) is 0 Å². The summed E-state index contributed by atoms with van der Waals surface area (Å²) in [6.07, 6.45) is 6.19. The summed E-state index contributed by atoms with van der Waals surface area (Å²) in [6.45, 7) is 0. The van der Waals surface area contributed by atoms with Gasteiger partial charge in [0.2, 0.25) is 0 Å². The minimum Gasteiger partial charge on any atom is -0.0843 e. The van der Waals surface area contributed by atoms with Gasteiger partial charge in [-0.05, 0) is 71.1 Å². The second-order valence-electron chi connectivity index (χ2n) is 6.84. The summed E-state index contributed by atoms with van der Waals surface area (Å²) in [7, 11) is 0. The van der Waals surface area contributed by atoms with E-state index in [0.29, 0.717) is 5.92 Å². The van der Waals surface area contributed by atoms with E-state index < -0.39 is 0 Å². The summed E-state index contributed by atoms with van der Waals surface area (Å²) in [5.41, 5.74) is 5.55. The summed E-state index contributed by atoms with van der Waals surface area (Å²) >= 11 is 12.2. The molecule has 2 saturated carbocycles. The Morgan fingerprint density at radius 1 is 0.783 bits per heavy atom. The van der Waals surface area contributed by atoms with E-state index in [1.807, 2.05) is 24.3 Å². The Morgan fingerprint density at radius 3 is 1.78 bits per heavy atom. The molecule has 4 atom stereocenters. The van der Waals surface area contributed by atoms with Crippen molar-refractivity contribution in [2.75, 3.05) is 0 Å². The fourth-order valence-electron chi connectivity index (χ4n) is 4.60. The first-order chi connectivity index (χ1) is 11.2. The quantitative estimate of drug-likeness (QED) is 0.568. The molecule has 4 bridgehead atoms. The highest BCUT2D eigenvalue weighted by atomic mass is 35.5. The van der Waals surface area contributed by atoms with Gasteiger partial charge >= 0.3 is 0 Å². The van der Waals surface area contributed by atoms with Crippen LogP contribution in [0.5, 0.6) is 0 Å². The molecule has 2 unspecified atom stereocenters. The fraction of sp³-hybridized carbons (Fsp3) is 0.238. The number of allylic oxidation sites excluding steroid dienone is 3. The molecule has 4 aliphatic carbocycles. The van der Waals surface area contributed by atoms with Gasteiger partial charge < -0.3 is 0 Å². The van der Waals surface area contributed by atoms with Gasteiger partial charge in [-0.1, -0.05) is 65.2 Å². The molecule has 0 nitrogen and oxygen atoms in total. The van der Waals surface area contributed by atoms with Crippen LogP contribution in [0.15, 0.2) is 66.3 Å². The predicted octanol–water partition coefficient (Wildman–Crippen LogP) is 6.25. The monoisotopic (exact) mass is 338 g/mol. The first-order valence-corrected chi connectivity index (χ1v) is 8.92. The molecule has 0 aromatic heterocycles. The third-order valence-corrected chi connectivity index (χ3v) is 6.14. The van der Waals surface area contributed by atoms with E-state index in [9.17, 15) is 0 Å². The average molecular weight is 339 g/mol. The van der Waals surface area contributed by atoms with Gasteiger partial charge in [-0.3, -0.25) is 0 Å². The molecule has 0 N–H and O–H groups in total. The molecular formula is C21H16Cl2. The molecule has 0 amide bonds. The molecule has 0 aliphatic heterocycles. The minimum absolute atomic E-state index is 0.608. The lowest BCUT2D eigenvalue weighted by atomic mass is 9.81. The van der Waals surface area contributed by atoms with Gasteiger partial charge in [0, 0.05) is 10.0 Å². The maximum Gasteiger partial charge on any atom is 0.0406 e. The molecule has 0 radical (unpaired) electrons. The Kier molecular flexibility index (Phi) is 3.02. The van der Waals surface area contributed by atoms with E-state index in [-0.39, 0.29) is 0 Å². The minimum atomic E-state index is 0.608. The normalized spacial score (nSPS) is 29.7. The predicted molar refractivity (Wildman–Crippen MR) is 96.6 cm³/mol. The highest BCUT2D eigenvalue weighted by Crippen LogP contribution is 2.68. The zero-order valence-electron chi connectivity index (χ0n) is 12.5. The number of benzene rings is 2. The van der Waals surface area contributed by atoms with Gasteiger partial charge in [-0.25, -0.2) is 0 Å². The van der Waals surface area contributed by atoms with Crippen molar-refractivity contribution in [2.45, 2.75) is 6.42 Å². The maximum absolute atomic E-state index is 6.10. The molecule has 6 rings (SSSR count). The number of hydrogen-bond acceptors (Lipinski definition) is 0. The third-order valence-electron chi connectivity index (χ3n) is 5.63. The lowest BCUT2D eigenvalue weighted by molar-refractivity contribution is 0.601. The van der Waals surface area contributed by atoms with Crippen LogP contribution < -0.4 is 0 Å². The Bertz CT molecular complexity index is 780. The Balaban J connectivity index is 1.73. The molecule has 2 aromatic rings. The first kappa shape index (κ1) is 13.9. The lowest BCUT2D eigenvalue weighted by Crippen LogP contribution is -2.09. The van der Waals surface area contributed by atoms with Gasteiger partial charge in [0.25, 0.3) is 0 Å². The van der Waals surface area contributed by atoms with Crippen LogP contribution in [0.25, 0.3) is 5.57 Å². The Hall–Kier alpha value is -1.50. The molecule has 4 aliphatic rings. The van der Waals surface area contributed by atoms with Crippen LogP contribution in [0.1, 0.15) is 17.5 Å². The first-order valence-electron chi connectivity index (χ1n) is 8.16. The van der Waals surface area contributed by atoms with Crippen molar-refractivity contribution < 1.29 is 0 Å². The van der Waals surface area contributed by atoms with Crippen LogP contribution in [-0.2, 0) is 0 Å². The van der Waals surface area contributed by atoms with E-state index in [0.717, 1.165) is 27.8 Å². The highest BCUT2D eigenvalue weighted by molar-refractivity contribution is 6.31. The van der Waals surface area contributed by atoms with Gasteiger partial charge in [0.1, 0.15) is 0 Å². The molecule has 2 aromatic carbocycles. The van der Waals surface area contributed by atoms with Crippen LogP contribution in [0, 0.1) is 23.7 Å². The maximum atomic E-state index is 6.10. The molecule has 0 saturated heterocycles.